The first-order chi connectivity index (χ1) is 52.8. The van der Waals surface area contributed by atoms with E-state index in [0.29, 0.717) is 78.3 Å². The van der Waals surface area contributed by atoms with Crippen LogP contribution in [0.15, 0.2) is 77.0 Å². The van der Waals surface area contributed by atoms with Gasteiger partial charge in [-0.1, -0.05) is 116 Å². The van der Waals surface area contributed by atoms with Crippen LogP contribution in [-0.2, 0) is 75.0 Å². The fraction of sp³-hybridized carbons (Fsp3) is 0.640. The normalized spacial score (nSPS) is 15.1. The van der Waals surface area contributed by atoms with Crippen molar-refractivity contribution in [3.05, 3.63) is 93.8 Å². The van der Waals surface area contributed by atoms with Gasteiger partial charge in [0.15, 0.2) is 28.9 Å². The molecule has 27 heteroatoms. The van der Waals surface area contributed by atoms with Gasteiger partial charge in [-0.3, -0.25) is 43.2 Å². The van der Waals surface area contributed by atoms with Crippen molar-refractivity contribution in [1.82, 2.24) is 41.0 Å². The fourth-order valence-electron chi connectivity index (χ4n) is 14.3. The molecule has 6 N–H and O–H groups in total. The van der Waals surface area contributed by atoms with Crippen molar-refractivity contribution >= 4 is 98.4 Å². The molecule has 2 aromatic carbocycles. The molecule has 622 valence electrons. The van der Waals surface area contributed by atoms with E-state index < -0.39 is 142 Å². The summed E-state index contributed by atoms with van der Waals surface area (Å²) in [5.74, 6) is -9.84. The van der Waals surface area contributed by atoms with E-state index >= 15 is 19.2 Å². The molecule has 113 heavy (non-hydrogen) atoms. The van der Waals surface area contributed by atoms with Gasteiger partial charge in [0.1, 0.15) is 22.6 Å². The first-order valence-corrected chi connectivity index (χ1v) is 40.2. The quantitative estimate of drug-likeness (QED) is 0.00456. The Balaban J connectivity index is 1.51. The van der Waals surface area contributed by atoms with Crippen LogP contribution in [0.1, 0.15) is 245 Å². The first-order valence-electron chi connectivity index (χ1n) is 40.2. The Morgan fingerprint density at radius 1 is 0.531 bits per heavy atom. The second-order valence-corrected chi connectivity index (χ2v) is 35.3. The van der Waals surface area contributed by atoms with Crippen LogP contribution in [0.3, 0.4) is 0 Å². The molecule has 1 aliphatic rings. The van der Waals surface area contributed by atoms with Crippen molar-refractivity contribution in [2.45, 2.75) is 282 Å². The third kappa shape index (κ3) is 31.1. The van der Waals surface area contributed by atoms with Crippen molar-refractivity contribution in [2.75, 3.05) is 26.7 Å². The summed E-state index contributed by atoms with van der Waals surface area (Å²) in [5.41, 5.74) is 8.49. The van der Waals surface area contributed by atoms with Crippen LogP contribution in [0.4, 0.5) is 14.4 Å². The Hall–Kier alpha value is -9.52. The second-order valence-electron chi connectivity index (χ2n) is 35.3. The molecule has 2 heterocycles. The summed E-state index contributed by atoms with van der Waals surface area (Å²) in [6, 6.07) is 13.8. The zero-order valence-electron chi connectivity index (χ0n) is 70.4. The minimum Gasteiger partial charge on any atom is -0.444 e. The number of nitrogens with zero attached hydrogens (tertiary/aromatic N) is 5. The van der Waals surface area contributed by atoms with E-state index in [1.807, 2.05) is 53.7 Å². The average molecular weight is 1570 g/mol. The number of aromatic nitrogens is 2. The fourth-order valence-corrected chi connectivity index (χ4v) is 14.3. The van der Waals surface area contributed by atoms with Gasteiger partial charge in [0.05, 0.1) is 40.6 Å². The number of unbranched alkanes of at least 4 members (excludes halogenated alkanes) is 3. The number of fused-ring (bicyclic) bond motifs is 2. The SMILES string of the molecule is CNC(=O)C(CC(=O)C(CC(C)C)NC(=O)C(CCCCN=[N+]=[N-])CC(=O)C(NC(=O)C(CCCCNC(=O)OC(C)(C)C)CC(=O)C(Cc1cc2ccccc2n1C(=O)OC(C)(C)C)NC(=O)C(CCCCNC(CC(C)C)=C1C(=O)CC(C)(C)CC1=O)CC(C)=O)C(C)C)Cc1cc2ccccc2n1C(=O)OC(C)(C)C. The monoisotopic (exact) mass is 1570 g/mol. The molecule has 7 unspecified atom stereocenters. The zero-order chi connectivity index (χ0) is 84.5. The van der Waals surface area contributed by atoms with E-state index in [-0.39, 0.29) is 124 Å². The van der Waals surface area contributed by atoms with Crippen LogP contribution in [0.2, 0.25) is 0 Å². The Bertz CT molecular complexity index is 4090. The standard InChI is InChI=1S/C86H127N11O16/c1-52(2)40-64(70(100)48-61(76(104)88-19)45-62-43-56-30-20-22-35-67(56)96(62)81(109)112-84(11,12)13)92-78(106)60(34-26-29-39-91-95-87)47-71(101)75(54(5)6)94-79(107)59(33-25-28-38-90-80(108)111-83(8,9)10)46-69(99)65(49-63-44-57-31-21-23-36-68(57)97(63)82(110)113-85(14,15)16)93-77(105)58(42-55(7)98)32-24-27-37-89-66(41-53(3)4)74-72(102)50-86(17,18)51-73(74)103/h20-23,30-31,35-36,43-44,52-54,58-61,64-65,75,89H,24-29,32-34,37-42,45-51H2,1-19H3,(H,88,104)(H,90,108)(H,92,106)(H,93,105)(H,94,107). The number of amides is 5. The number of hydrogen-bond donors (Lipinski definition) is 6. The van der Waals surface area contributed by atoms with Crippen molar-refractivity contribution in [1.29, 1.82) is 0 Å². The number of carbonyl (C=O) groups is 13. The maximum atomic E-state index is 15.7. The highest BCUT2D eigenvalue weighted by molar-refractivity contribution is 6.22. The van der Waals surface area contributed by atoms with Gasteiger partial charge in [-0.25, -0.2) is 23.5 Å². The summed E-state index contributed by atoms with van der Waals surface area (Å²) in [5, 5.41) is 22.6. The van der Waals surface area contributed by atoms with Crippen molar-refractivity contribution in [2.24, 2.45) is 52.0 Å². The number of ketones is 6. The molecule has 0 radical (unpaired) electrons. The number of para-hydroxylation sites is 2. The van der Waals surface area contributed by atoms with E-state index in [1.54, 1.807) is 125 Å². The summed E-state index contributed by atoms with van der Waals surface area (Å²) >= 11 is 0. The third-order valence-corrected chi connectivity index (χ3v) is 19.5. The highest BCUT2D eigenvalue weighted by Gasteiger charge is 2.40. The Morgan fingerprint density at radius 3 is 1.44 bits per heavy atom. The van der Waals surface area contributed by atoms with Gasteiger partial charge >= 0.3 is 18.3 Å². The van der Waals surface area contributed by atoms with E-state index in [1.165, 1.54) is 23.1 Å². The Kier molecular flexibility index (Phi) is 35.9. The summed E-state index contributed by atoms with van der Waals surface area (Å²) in [6.45, 7) is 32.4. The largest absolute Gasteiger partial charge is 0.444 e. The van der Waals surface area contributed by atoms with Crippen LogP contribution < -0.4 is 31.9 Å². The predicted octanol–water partition coefficient (Wildman–Crippen LogP) is 14.4. The summed E-state index contributed by atoms with van der Waals surface area (Å²) < 4.78 is 19.9. The molecule has 1 fully saturated rings. The van der Waals surface area contributed by atoms with Gasteiger partial charge in [-0.2, -0.15) is 0 Å². The lowest BCUT2D eigenvalue weighted by Gasteiger charge is -2.30. The number of allylic oxidation sites excluding steroid dienone is 2. The lowest BCUT2D eigenvalue weighted by atomic mass is 9.73. The van der Waals surface area contributed by atoms with Gasteiger partial charge in [0.2, 0.25) is 23.6 Å². The highest BCUT2D eigenvalue weighted by Crippen LogP contribution is 2.36. The first kappa shape index (κ1) is 94.1. The highest BCUT2D eigenvalue weighted by atomic mass is 16.6. The molecule has 4 aromatic rings. The van der Waals surface area contributed by atoms with E-state index in [9.17, 15) is 43.2 Å². The zero-order valence-corrected chi connectivity index (χ0v) is 70.4. The molecule has 27 nitrogen and oxygen atoms in total. The minimum atomic E-state index is -1.45. The molecule has 1 saturated carbocycles. The van der Waals surface area contributed by atoms with Crippen LogP contribution in [0.5, 0.6) is 0 Å². The third-order valence-electron chi connectivity index (χ3n) is 19.5. The number of hydrogen-bond acceptors (Lipinski definition) is 18. The number of ether oxygens (including phenoxy) is 3. The van der Waals surface area contributed by atoms with Crippen molar-refractivity contribution in [3.8, 4) is 0 Å². The van der Waals surface area contributed by atoms with Gasteiger partial charge in [-0.15, -0.1) is 0 Å². The van der Waals surface area contributed by atoms with Crippen LogP contribution in [-0.4, -0.2) is 147 Å². The van der Waals surface area contributed by atoms with Crippen LogP contribution in [0.25, 0.3) is 32.2 Å². The molecule has 0 aliphatic heterocycles. The van der Waals surface area contributed by atoms with Gasteiger partial charge < -0.3 is 50.9 Å². The Labute approximate surface area is 666 Å². The lowest BCUT2D eigenvalue weighted by molar-refractivity contribution is -0.136. The predicted molar refractivity (Wildman–Crippen MR) is 434 cm³/mol. The molecular weight excluding hydrogens is 1440 g/mol. The van der Waals surface area contributed by atoms with Gasteiger partial charge in [0, 0.05) is 129 Å². The summed E-state index contributed by atoms with van der Waals surface area (Å²) in [4.78, 5) is 189. The maximum Gasteiger partial charge on any atom is 0.419 e. The molecule has 0 spiro atoms. The van der Waals surface area contributed by atoms with E-state index in [4.69, 9.17) is 19.7 Å². The molecule has 7 atom stereocenters. The van der Waals surface area contributed by atoms with Crippen molar-refractivity contribution in [3.63, 3.8) is 0 Å². The van der Waals surface area contributed by atoms with Crippen LogP contribution in [0, 0.1) is 46.8 Å². The van der Waals surface area contributed by atoms with E-state index in [0.717, 1.165) is 0 Å². The topological polar surface area (TPSA) is 380 Å². The van der Waals surface area contributed by atoms with Gasteiger partial charge in [0.25, 0.3) is 0 Å². The number of rotatable bonds is 43. The smallest absolute Gasteiger partial charge is 0.419 e. The molecule has 0 saturated heterocycles. The van der Waals surface area contributed by atoms with E-state index in [2.05, 4.69) is 41.9 Å². The molecular formula is C86H127N11O16. The summed E-state index contributed by atoms with van der Waals surface area (Å²) in [6.07, 6.45) is -0.562. The Morgan fingerprint density at radius 2 is 0.973 bits per heavy atom. The number of Topliss-reactive ketones (excluding diaryl/α,β-unsaturated/α-hetero) is 6. The number of azide groups is 1. The molecule has 5 amide bonds. The summed E-state index contributed by atoms with van der Waals surface area (Å²) in [7, 11) is 1.44. The number of carbonyl (C=O) groups excluding carboxylic acids is 13. The second kappa shape index (κ2) is 43.1. The number of alkyl carbamates (subject to hydrolysis) is 1. The lowest BCUT2D eigenvalue weighted by Crippen LogP contribution is -2.50. The van der Waals surface area contributed by atoms with Gasteiger partial charge in [-0.05, 0) is 174 Å². The maximum absolute atomic E-state index is 15.7. The van der Waals surface area contributed by atoms with Crippen LogP contribution >= 0.6 is 0 Å². The minimum absolute atomic E-state index is 0.0117. The molecule has 0 bridgehead atoms. The molecule has 5 rings (SSSR count). The number of benzene rings is 2. The molecule has 2 aromatic heterocycles. The van der Waals surface area contributed by atoms with Crippen molar-refractivity contribution < 1.29 is 76.5 Å². The average Bonchev–Trinajstić information content (AvgIpc) is 1.61. The molecule has 1 aliphatic carbocycles. The number of nitrogens with one attached hydrogen (secondary N) is 6.